The van der Waals surface area contributed by atoms with Gasteiger partial charge in [-0.15, -0.1) is 0 Å². The van der Waals surface area contributed by atoms with Crippen LogP contribution in [0.4, 0.5) is 30.6 Å². The van der Waals surface area contributed by atoms with Crippen LogP contribution in [-0.4, -0.2) is 43.2 Å². The average Bonchev–Trinajstić information content (AvgIpc) is 2.67. The molecule has 0 radical (unpaired) electrons. The molecule has 28 heavy (non-hydrogen) atoms. The van der Waals surface area contributed by atoms with Crippen LogP contribution < -0.4 is 15.1 Å². The van der Waals surface area contributed by atoms with Gasteiger partial charge < -0.3 is 15.1 Å². The van der Waals surface area contributed by atoms with Crippen LogP contribution in [0.1, 0.15) is 24.0 Å². The maximum absolute atomic E-state index is 13.2. The summed E-state index contributed by atoms with van der Waals surface area (Å²) in [4.78, 5) is 12.3. The highest BCUT2D eigenvalue weighted by molar-refractivity contribution is 5.63. The van der Waals surface area contributed by atoms with Gasteiger partial charge in [-0.05, 0) is 31.0 Å². The Hall–Kier alpha value is -3.02. The highest BCUT2D eigenvalue weighted by atomic mass is 19.4. The maximum atomic E-state index is 13.2. The fourth-order valence-corrected chi connectivity index (χ4v) is 3.32. The minimum Gasteiger partial charge on any atom is -0.368 e. The van der Waals surface area contributed by atoms with Crippen molar-refractivity contribution in [1.29, 1.82) is 5.26 Å². The summed E-state index contributed by atoms with van der Waals surface area (Å²) in [7, 11) is 3.76. The van der Waals surface area contributed by atoms with E-state index in [2.05, 4.69) is 15.3 Å². The summed E-state index contributed by atoms with van der Waals surface area (Å²) < 4.78 is 39.7. The first-order valence-corrected chi connectivity index (χ1v) is 8.91. The Morgan fingerprint density at radius 2 is 2.07 bits per heavy atom. The number of halogens is 3. The van der Waals surface area contributed by atoms with Crippen LogP contribution in [0.2, 0.25) is 0 Å². The Kier molecular flexibility index (Phi) is 5.58. The van der Waals surface area contributed by atoms with Crippen LogP contribution in [0.5, 0.6) is 0 Å². The summed E-state index contributed by atoms with van der Waals surface area (Å²) in [5.41, 5.74) is -0.919. The topological polar surface area (TPSA) is 68.1 Å². The van der Waals surface area contributed by atoms with Gasteiger partial charge >= 0.3 is 6.18 Å². The highest BCUT2D eigenvalue weighted by Crippen LogP contribution is 2.36. The lowest BCUT2D eigenvalue weighted by Gasteiger charge is -2.35. The van der Waals surface area contributed by atoms with Gasteiger partial charge in [0.1, 0.15) is 11.9 Å². The molecule has 1 aromatic heterocycles. The summed E-state index contributed by atoms with van der Waals surface area (Å²) in [6.45, 7) is 1.05. The van der Waals surface area contributed by atoms with Crippen molar-refractivity contribution in [3.8, 4) is 6.07 Å². The third kappa shape index (κ3) is 4.27. The molecule has 0 saturated carbocycles. The van der Waals surface area contributed by atoms with Crippen LogP contribution in [0, 0.1) is 11.3 Å². The highest BCUT2D eigenvalue weighted by Gasteiger charge is 2.35. The van der Waals surface area contributed by atoms with Crippen molar-refractivity contribution >= 4 is 17.5 Å². The summed E-state index contributed by atoms with van der Waals surface area (Å²) in [5, 5.41) is 12.6. The van der Waals surface area contributed by atoms with Crippen LogP contribution in [0.3, 0.4) is 0 Å². The predicted octanol–water partition coefficient (Wildman–Crippen LogP) is 3.51. The Morgan fingerprint density at radius 1 is 1.29 bits per heavy atom. The molecular weight excluding hydrogens is 369 g/mol. The van der Waals surface area contributed by atoms with Crippen molar-refractivity contribution in [3.05, 3.63) is 41.6 Å². The van der Waals surface area contributed by atoms with E-state index in [1.54, 1.807) is 24.4 Å². The van der Waals surface area contributed by atoms with Crippen molar-refractivity contribution in [2.75, 3.05) is 42.3 Å². The van der Waals surface area contributed by atoms with Gasteiger partial charge in [0.25, 0.3) is 0 Å². The summed E-state index contributed by atoms with van der Waals surface area (Å²) in [6.07, 6.45) is -1.28. The largest absolute Gasteiger partial charge is 0.417 e. The van der Waals surface area contributed by atoms with E-state index in [9.17, 15) is 18.4 Å². The molecule has 2 aromatic rings. The molecule has 0 bridgehead atoms. The van der Waals surface area contributed by atoms with E-state index in [1.807, 2.05) is 23.9 Å². The Bertz CT molecular complexity index is 875. The van der Waals surface area contributed by atoms with Gasteiger partial charge in [0.2, 0.25) is 5.95 Å². The lowest BCUT2D eigenvalue weighted by atomic mass is 10.0. The predicted molar refractivity (Wildman–Crippen MR) is 101 cm³/mol. The van der Waals surface area contributed by atoms with Crippen molar-refractivity contribution < 1.29 is 13.2 Å². The quantitative estimate of drug-likeness (QED) is 0.862. The molecule has 1 aliphatic heterocycles. The number of aromatic nitrogens is 2. The molecule has 6 nitrogen and oxygen atoms in total. The number of rotatable bonds is 4. The summed E-state index contributed by atoms with van der Waals surface area (Å²) >= 11 is 0. The van der Waals surface area contributed by atoms with Gasteiger partial charge in [0.15, 0.2) is 0 Å². The number of benzene rings is 1. The molecule has 2 heterocycles. The summed E-state index contributed by atoms with van der Waals surface area (Å²) in [5.74, 6) is 1.23. The molecule has 0 amide bonds. The fourth-order valence-electron chi connectivity index (χ4n) is 3.32. The SMILES string of the molecule is CN(C)c1ccnc(NC2CCCN(c3cccc(C(F)(F)F)c3C#N)C2)n1. The first kappa shape index (κ1) is 19.7. The smallest absolute Gasteiger partial charge is 0.368 e. The zero-order valence-electron chi connectivity index (χ0n) is 15.7. The lowest BCUT2D eigenvalue weighted by Crippen LogP contribution is -2.43. The van der Waals surface area contributed by atoms with E-state index >= 15 is 0 Å². The number of hydrogen-bond acceptors (Lipinski definition) is 6. The molecule has 0 aliphatic carbocycles. The number of piperidine rings is 1. The van der Waals surface area contributed by atoms with E-state index in [0.29, 0.717) is 24.7 Å². The van der Waals surface area contributed by atoms with Crippen molar-refractivity contribution in [3.63, 3.8) is 0 Å². The molecule has 1 aromatic carbocycles. The van der Waals surface area contributed by atoms with Crippen LogP contribution >= 0.6 is 0 Å². The molecule has 1 unspecified atom stereocenters. The molecule has 1 N–H and O–H groups in total. The second-order valence-electron chi connectivity index (χ2n) is 6.87. The molecule has 3 rings (SSSR count). The van der Waals surface area contributed by atoms with Crippen molar-refractivity contribution in [2.24, 2.45) is 0 Å². The average molecular weight is 390 g/mol. The van der Waals surface area contributed by atoms with Crippen LogP contribution in [0.15, 0.2) is 30.5 Å². The standard InChI is InChI=1S/C19H21F3N6/c1-27(2)17-8-9-24-18(26-17)25-13-5-4-10-28(12-13)16-7-3-6-15(14(16)11-23)19(20,21)22/h3,6-9,13H,4-5,10,12H2,1-2H3,(H,24,25,26). The van der Waals surface area contributed by atoms with Gasteiger partial charge in [-0.3, -0.25) is 0 Å². The molecule has 1 fully saturated rings. The zero-order valence-corrected chi connectivity index (χ0v) is 15.7. The number of nitrogens with one attached hydrogen (secondary N) is 1. The third-order valence-electron chi connectivity index (χ3n) is 4.65. The van der Waals surface area contributed by atoms with Gasteiger partial charge in [-0.1, -0.05) is 6.07 Å². The molecule has 1 atom stereocenters. The number of alkyl halides is 3. The van der Waals surface area contributed by atoms with Crippen molar-refractivity contribution in [2.45, 2.75) is 25.1 Å². The molecule has 1 saturated heterocycles. The second kappa shape index (κ2) is 7.92. The normalized spacial score (nSPS) is 17.1. The van der Waals surface area contributed by atoms with Gasteiger partial charge in [0, 0.05) is 39.4 Å². The Balaban J connectivity index is 1.81. The second-order valence-corrected chi connectivity index (χ2v) is 6.87. The zero-order chi connectivity index (χ0) is 20.3. The van der Waals surface area contributed by atoms with Gasteiger partial charge in [-0.25, -0.2) is 4.98 Å². The number of anilines is 3. The fraction of sp³-hybridized carbons (Fsp3) is 0.421. The Morgan fingerprint density at radius 3 is 2.75 bits per heavy atom. The molecule has 9 heteroatoms. The minimum absolute atomic E-state index is 0.0350. The summed E-state index contributed by atoms with van der Waals surface area (Å²) in [6, 6.07) is 7.36. The number of nitriles is 1. The third-order valence-corrected chi connectivity index (χ3v) is 4.65. The van der Waals surface area contributed by atoms with Gasteiger partial charge in [-0.2, -0.15) is 23.4 Å². The van der Waals surface area contributed by atoms with Crippen LogP contribution in [0.25, 0.3) is 0 Å². The van der Waals surface area contributed by atoms with Crippen LogP contribution in [-0.2, 0) is 6.18 Å². The lowest BCUT2D eigenvalue weighted by molar-refractivity contribution is -0.137. The molecular formula is C19H21F3N6. The van der Waals surface area contributed by atoms with Crippen molar-refractivity contribution in [1.82, 2.24) is 9.97 Å². The number of nitrogens with zero attached hydrogens (tertiary/aromatic N) is 5. The first-order chi connectivity index (χ1) is 13.3. The first-order valence-electron chi connectivity index (χ1n) is 8.91. The van der Waals surface area contributed by atoms with E-state index < -0.39 is 11.7 Å². The van der Waals surface area contributed by atoms with E-state index in [0.717, 1.165) is 24.7 Å². The van der Waals surface area contributed by atoms with E-state index in [4.69, 9.17) is 0 Å². The number of hydrogen-bond donors (Lipinski definition) is 1. The molecule has 0 spiro atoms. The Labute approximate surface area is 161 Å². The minimum atomic E-state index is -4.56. The maximum Gasteiger partial charge on any atom is 0.417 e. The molecule has 1 aliphatic rings. The molecule has 148 valence electrons. The van der Waals surface area contributed by atoms with E-state index in [1.165, 1.54) is 6.07 Å². The van der Waals surface area contributed by atoms with Gasteiger partial charge in [0.05, 0.1) is 16.8 Å². The van der Waals surface area contributed by atoms with E-state index in [-0.39, 0.29) is 11.6 Å². The monoisotopic (exact) mass is 390 g/mol.